The van der Waals surface area contributed by atoms with Crippen LogP contribution in [0.15, 0.2) is 0 Å². The Morgan fingerprint density at radius 1 is 1.35 bits per heavy atom. The number of nitrogens with two attached hydrogens (primary N) is 1. The molecule has 0 fully saturated rings. The van der Waals surface area contributed by atoms with Crippen LogP contribution in [-0.4, -0.2) is 36.0 Å². The molecule has 0 aliphatic rings. The first kappa shape index (κ1) is 16.2. The molecule has 0 aromatic rings. The van der Waals surface area contributed by atoms with E-state index < -0.39 is 6.03 Å². The maximum atomic E-state index is 11.3. The highest BCUT2D eigenvalue weighted by Crippen LogP contribution is 2.02. The van der Waals surface area contributed by atoms with E-state index in [2.05, 4.69) is 10.6 Å². The van der Waals surface area contributed by atoms with Crippen LogP contribution in [0.4, 0.5) is 4.79 Å². The van der Waals surface area contributed by atoms with Gasteiger partial charge in [0.1, 0.15) is 0 Å². The smallest absolute Gasteiger partial charge is 0.321 e. The Balaban J connectivity index is 3.54. The van der Waals surface area contributed by atoms with E-state index in [-0.39, 0.29) is 17.7 Å². The molecule has 17 heavy (non-hydrogen) atoms. The number of carbonyl (C=O) groups excluding carboxylic acids is 2. The van der Waals surface area contributed by atoms with Gasteiger partial charge in [0, 0.05) is 18.3 Å². The number of hydrogen-bond acceptors (Lipinski definition) is 4. The second-order valence-corrected chi connectivity index (χ2v) is 4.87. The van der Waals surface area contributed by atoms with Gasteiger partial charge in [-0.25, -0.2) is 4.79 Å². The van der Waals surface area contributed by atoms with E-state index in [1.807, 2.05) is 13.8 Å². The molecule has 1 atom stereocenters. The highest BCUT2D eigenvalue weighted by molar-refractivity contribution is 8.00. The largest absolute Gasteiger partial charge is 0.338 e. The van der Waals surface area contributed by atoms with Gasteiger partial charge in [-0.15, -0.1) is 0 Å². The minimum absolute atomic E-state index is 0.117. The Morgan fingerprint density at radius 2 is 2.06 bits per heavy atom. The van der Waals surface area contributed by atoms with Gasteiger partial charge >= 0.3 is 6.03 Å². The van der Waals surface area contributed by atoms with Crippen LogP contribution >= 0.6 is 11.8 Å². The lowest BCUT2D eigenvalue weighted by molar-refractivity contribution is -0.117. The molecule has 4 N–H and O–H groups in total. The van der Waals surface area contributed by atoms with Crippen molar-refractivity contribution in [2.24, 2.45) is 5.73 Å². The van der Waals surface area contributed by atoms with Crippen LogP contribution in [0.3, 0.4) is 0 Å². The first-order valence-electron chi connectivity index (χ1n) is 6.01. The van der Waals surface area contributed by atoms with E-state index in [9.17, 15) is 9.59 Å². The minimum Gasteiger partial charge on any atom is -0.338 e. The summed E-state index contributed by atoms with van der Waals surface area (Å²) in [6.45, 7) is 4.65. The van der Waals surface area contributed by atoms with Crippen molar-refractivity contribution >= 4 is 23.7 Å². The summed E-state index contributed by atoms with van der Waals surface area (Å²) in [5, 5.41) is 4.90. The van der Waals surface area contributed by atoms with Crippen molar-refractivity contribution in [2.45, 2.75) is 39.2 Å². The average molecular weight is 261 g/mol. The summed E-state index contributed by atoms with van der Waals surface area (Å²) in [4.78, 5) is 22.5. The summed E-state index contributed by atoms with van der Waals surface area (Å²) >= 11 is 1.45. The summed E-state index contributed by atoms with van der Waals surface area (Å²) < 4.78 is 0. The molecule has 3 amide bonds. The first-order valence-corrected chi connectivity index (χ1v) is 7.16. The van der Waals surface area contributed by atoms with E-state index in [1.54, 1.807) is 0 Å². The molecule has 100 valence electrons. The Hall–Kier alpha value is -0.750. The zero-order valence-corrected chi connectivity index (χ0v) is 11.4. The lowest BCUT2D eigenvalue weighted by Gasteiger charge is -2.08. The van der Waals surface area contributed by atoms with Gasteiger partial charge in [0.05, 0.1) is 5.75 Å². The molecule has 0 saturated carbocycles. The van der Waals surface area contributed by atoms with Crippen LogP contribution < -0.4 is 16.4 Å². The molecule has 0 aromatic carbocycles. The zero-order valence-electron chi connectivity index (χ0n) is 10.6. The molecular weight excluding hydrogens is 238 g/mol. The van der Waals surface area contributed by atoms with Crippen LogP contribution in [0.1, 0.15) is 33.1 Å². The molecule has 0 spiro atoms. The Bertz CT molecular complexity index is 237. The van der Waals surface area contributed by atoms with Gasteiger partial charge in [0.15, 0.2) is 0 Å². The highest BCUT2D eigenvalue weighted by Gasteiger charge is 2.07. The quantitative estimate of drug-likeness (QED) is 0.571. The number of unbranched alkanes of at least 4 members (excludes halogenated alkanes) is 1. The molecule has 0 radical (unpaired) electrons. The number of nitrogens with one attached hydrogen (secondary N) is 2. The average Bonchev–Trinajstić information content (AvgIpc) is 2.29. The number of rotatable bonds is 8. The second-order valence-electron chi connectivity index (χ2n) is 3.84. The first-order chi connectivity index (χ1) is 8.10. The van der Waals surface area contributed by atoms with Crippen LogP contribution in [-0.2, 0) is 4.79 Å². The topological polar surface area (TPSA) is 84.2 Å². The van der Waals surface area contributed by atoms with Gasteiger partial charge in [-0.2, -0.15) is 11.8 Å². The molecule has 0 bridgehead atoms. The lowest BCUT2D eigenvalue weighted by Crippen LogP contribution is -2.40. The van der Waals surface area contributed by atoms with Crippen molar-refractivity contribution in [1.82, 2.24) is 10.6 Å². The van der Waals surface area contributed by atoms with Gasteiger partial charge in [-0.05, 0) is 12.8 Å². The van der Waals surface area contributed by atoms with Crippen LogP contribution in [0.25, 0.3) is 0 Å². The van der Waals surface area contributed by atoms with Crippen molar-refractivity contribution < 1.29 is 9.59 Å². The summed E-state index contributed by atoms with van der Waals surface area (Å²) in [6, 6.07) is -0.296. The number of imide groups is 1. The standard InChI is InChI=1S/C11H23N3O2S/c1-3-5-6-13-11(16)14-10(15)8-17-7-9(12)4-2/h9H,3-8,12H2,1-2H3,(H2,13,14,15,16). The number of carbonyl (C=O) groups is 2. The fourth-order valence-electron chi connectivity index (χ4n) is 1.01. The predicted molar refractivity (Wildman–Crippen MR) is 72.0 cm³/mol. The van der Waals surface area contributed by atoms with Gasteiger partial charge in [-0.1, -0.05) is 20.3 Å². The maximum Gasteiger partial charge on any atom is 0.321 e. The normalized spacial score (nSPS) is 11.9. The van der Waals surface area contributed by atoms with Gasteiger partial charge in [0.25, 0.3) is 0 Å². The number of hydrogen-bond donors (Lipinski definition) is 3. The zero-order chi connectivity index (χ0) is 13.1. The SMILES string of the molecule is CCCCNC(=O)NC(=O)CSCC(N)CC. The molecule has 1 unspecified atom stereocenters. The third-order valence-electron chi connectivity index (χ3n) is 2.16. The molecular formula is C11H23N3O2S. The fraction of sp³-hybridized carbons (Fsp3) is 0.818. The van der Waals surface area contributed by atoms with E-state index in [0.29, 0.717) is 6.54 Å². The number of amides is 3. The highest BCUT2D eigenvalue weighted by atomic mass is 32.2. The lowest BCUT2D eigenvalue weighted by atomic mass is 10.3. The number of thioether (sulfide) groups is 1. The van der Waals surface area contributed by atoms with Crippen molar-refractivity contribution in [3.63, 3.8) is 0 Å². The van der Waals surface area contributed by atoms with Crippen molar-refractivity contribution in [1.29, 1.82) is 0 Å². The van der Waals surface area contributed by atoms with Gasteiger partial charge < -0.3 is 11.1 Å². The van der Waals surface area contributed by atoms with Crippen molar-refractivity contribution in [3.8, 4) is 0 Å². The van der Waals surface area contributed by atoms with Crippen LogP contribution in [0.2, 0.25) is 0 Å². The monoisotopic (exact) mass is 261 g/mol. The molecule has 0 aromatic heterocycles. The Morgan fingerprint density at radius 3 is 2.65 bits per heavy atom. The fourth-order valence-corrected chi connectivity index (χ4v) is 1.92. The summed E-state index contributed by atoms with van der Waals surface area (Å²) in [7, 11) is 0. The summed E-state index contributed by atoms with van der Waals surface area (Å²) in [5.41, 5.74) is 5.71. The molecule has 0 heterocycles. The van der Waals surface area contributed by atoms with Crippen molar-refractivity contribution in [3.05, 3.63) is 0 Å². The molecule has 6 heteroatoms. The third-order valence-corrected chi connectivity index (χ3v) is 3.29. The second kappa shape index (κ2) is 10.4. The van der Waals surface area contributed by atoms with E-state index in [0.717, 1.165) is 25.0 Å². The molecule has 0 saturated heterocycles. The third kappa shape index (κ3) is 10.1. The van der Waals surface area contributed by atoms with Gasteiger partial charge in [-0.3, -0.25) is 10.1 Å². The van der Waals surface area contributed by atoms with E-state index >= 15 is 0 Å². The molecule has 5 nitrogen and oxygen atoms in total. The van der Waals surface area contributed by atoms with E-state index in [1.165, 1.54) is 11.8 Å². The van der Waals surface area contributed by atoms with Gasteiger partial charge in [0.2, 0.25) is 5.91 Å². The Labute approximate surface area is 107 Å². The van der Waals surface area contributed by atoms with Crippen LogP contribution in [0.5, 0.6) is 0 Å². The van der Waals surface area contributed by atoms with Crippen LogP contribution in [0, 0.1) is 0 Å². The minimum atomic E-state index is -0.413. The number of urea groups is 1. The molecule has 0 rings (SSSR count). The maximum absolute atomic E-state index is 11.3. The Kier molecular flexibility index (Phi) is 9.95. The molecule has 0 aliphatic carbocycles. The van der Waals surface area contributed by atoms with E-state index in [4.69, 9.17) is 5.73 Å². The summed E-state index contributed by atoms with van der Waals surface area (Å²) in [6.07, 6.45) is 2.83. The van der Waals surface area contributed by atoms with Crippen molar-refractivity contribution in [2.75, 3.05) is 18.1 Å². The summed E-state index contributed by atoms with van der Waals surface area (Å²) in [5.74, 6) is 0.739. The molecule has 0 aliphatic heterocycles. The predicted octanol–water partition coefficient (Wildman–Crippen LogP) is 1.08.